The maximum absolute atomic E-state index is 14.1. The van der Waals surface area contributed by atoms with Gasteiger partial charge in [0.05, 0.1) is 22.2 Å². The van der Waals surface area contributed by atoms with Gasteiger partial charge in [-0.25, -0.2) is 4.98 Å². The van der Waals surface area contributed by atoms with Crippen molar-refractivity contribution in [2.45, 2.75) is 123 Å². The number of β-amino-alcohol motifs (C(OH)–C–C–N with tert-alkyl or cyclic N) is 1. The van der Waals surface area contributed by atoms with Gasteiger partial charge in [-0.05, 0) is 103 Å². The third-order valence-electron chi connectivity index (χ3n) is 14.5. The van der Waals surface area contributed by atoms with Gasteiger partial charge in [0.15, 0.2) is 0 Å². The maximum atomic E-state index is 14.1. The smallest absolute Gasteiger partial charge is 0.253 e. The van der Waals surface area contributed by atoms with E-state index in [1.54, 1.807) is 29.8 Å². The highest BCUT2D eigenvalue weighted by Gasteiger charge is 2.44. The highest BCUT2D eigenvalue weighted by molar-refractivity contribution is 7.13. The number of piperidine rings is 1. The number of aliphatic hydroxyl groups is 1. The molecular formula is C57H75N9O7S. The van der Waals surface area contributed by atoms with E-state index in [1.165, 1.54) is 11.0 Å². The van der Waals surface area contributed by atoms with Gasteiger partial charge in [-0.3, -0.25) is 33.8 Å². The Morgan fingerprint density at radius 2 is 1.57 bits per heavy atom. The first-order valence-electron chi connectivity index (χ1n) is 26.5. The van der Waals surface area contributed by atoms with E-state index in [1.807, 2.05) is 104 Å². The fourth-order valence-corrected chi connectivity index (χ4v) is 10.8. The number of benzene rings is 2. The number of aromatic nitrogens is 2. The number of anilines is 1. The summed E-state index contributed by atoms with van der Waals surface area (Å²) < 4.78 is 0. The van der Waals surface area contributed by atoms with Crippen molar-refractivity contribution < 1.29 is 33.9 Å². The lowest BCUT2D eigenvalue weighted by molar-refractivity contribution is -0.144. The largest absolute Gasteiger partial charge is 0.391 e. The number of nitrogens with one attached hydrogen (secondary N) is 3. The zero-order chi connectivity index (χ0) is 52.6. The molecule has 6 amide bonds. The summed E-state index contributed by atoms with van der Waals surface area (Å²) in [5.74, 6) is -0.394. The molecule has 17 heteroatoms. The first-order valence-corrected chi connectivity index (χ1v) is 27.3. The fraction of sp³-hybridized carbons (Fsp3) is 0.509. The van der Waals surface area contributed by atoms with Crippen molar-refractivity contribution in [3.8, 4) is 10.4 Å². The summed E-state index contributed by atoms with van der Waals surface area (Å²) in [6.07, 6.45) is 13.5. The number of carbonyl (C=O) groups excluding carboxylic acids is 6. The number of likely N-dealkylation sites (tertiary alicyclic amines) is 2. The third kappa shape index (κ3) is 15.8. The van der Waals surface area contributed by atoms with Crippen molar-refractivity contribution in [2.24, 2.45) is 11.3 Å². The van der Waals surface area contributed by atoms with Crippen LogP contribution in [0.5, 0.6) is 0 Å². The molecule has 3 aliphatic heterocycles. The number of hydrogen-bond acceptors (Lipinski definition) is 11. The van der Waals surface area contributed by atoms with E-state index in [-0.39, 0.29) is 55.5 Å². The van der Waals surface area contributed by atoms with Gasteiger partial charge < -0.3 is 40.7 Å². The molecule has 74 heavy (non-hydrogen) atoms. The second kappa shape index (κ2) is 26.7. The Morgan fingerprint density at radius 3 is 2.24 bits per heavy atom. The summed E-state index contributed by atoms with van der Waals surface area (Å²) in [4.78, 5) is 96.5. The Balaban J connectivity index is 0.752. The van der Waals surface area contributed by atoms with Crippen molar-refractivity contribution in [2.75, 3.05) is 57.3 Å². The lowest BCUT2D eigenvalue weighted by Crippen LogP contribution is -2.57. The van der Waals surface area contributed by atoms with Crippen LogP contribution in [-0.4, -0.2) is 136 Å². The van der Waals surface area contributed by atoms with Gasteiger partial charge in [0, 0.05) is 108 Å². The Bertz CT molecular complexity index is 2530. The Hall–Kier alpha value is -6.46. The molecule has 0 unspecified atom stereocenters. The van der Waals surface area contributed by atoms with Gasteiger partial charge in [-0.15, -0.1) is 11.3 Å². The maximum Gasteiger partial charge on any atom is 0.253 e. The molecule has 7 rings (SSSR count). The van der Waals surface area contributed by atoms with E-state index in [2.05, 4.69) is 30.8 Å². The zero-order valence-corrected chi connectivity index (χ0v) is 44.4. The van der Waals surface area contributed by atoms with E-state index in [4.69, 9.17) is 0 Å². The average Bonchev–Trinajstić information content (AvgIpc) is 4.03. The summed E-state index contributed by atoms with van der Waals surface area (Å²) in [5, 5.41) is 19.5. The molecule has 0 saturated carbocycles. The third-order valence-corrected chi connectivity index (χ3v) is 15.4. The Morgan fingerprint density at radius 1 is 0.838 bits per heavy atom. The molecule has 0 radical (unpaired) electrons. The predicted octanol–water partition coefficient (Wildman–Crippen LogP) is 6.77. The number of unbranched alkanes of at least 4 members (excludes halogenated alkanes) is 3. The summed E-state index contributed by atoms with van der Waals surface area (Å²) in [6, 6.07) is 17.7. The topological polar surface area (TPSA) is 197 Å². The van der Waals surface area contributed by atoms with Gasteiger partial charge >= 0.3 is 0 Å². The normalized spacial score (nSPS) is 17.9. The average molecular weight is 1030 g/mol. The monoisotopic (exact) mass is 1030 g/mol. The standard InChI is InChI=1S/C57H75N9O7S/c1-40-52(74-39-61-40)44-18-15-43(16-19-44)37-60-54(71)48-35-47(67)38-66(48)56(73)53(57(2,3)4)62-50(69)13-6-5-7-14-51(70)64-33-31-63(32-34-64)46-22-20-45(21-23-46)55(72)65-29-25-41(26-30-65)11-8-9-28-59-49(68)24-17-42-12-10-27-58-36-42/h10,12,15-24,27,36,39,41,47-48,53,67H,5-9,11,13-14,25-26,28-35,37-38H2,1-4H3,(H,59,68)(H,60,71)(H,62,69)/b24-17+/t47-,48+,53-/m1/s1. The summed E-state index contributed by atoms with van der Waals surface area (Å²) in [5.41, 5.74) is 6.67. The number of carbonyl (C=O) groups is 6. The van der Waals surface area contributed by atoms with Gasteiger partial charge in [-0.1, -0.05) is 70.4 Å². The van der Waals surface area contributed by atoms with Crippen LogP contribution in [0.3, 0.4) is 0 Å². The van der Waals surface area contributed by atoms with E-state index in [0.717, 1.165) is 78.1 Å². The molecule has 3 fully saturated rings. The number of amides is 6. The molecule has 3 atom stereocenters. The molecular weight excluding hydrogens is 955 g/mol. The van der Waals surface area contributed by atoms with E-state index < -0.39 is 29.5 Å². The van der Waals surface area contributed by atoms with Gasteiger partial charge in [0.25, 0.3) is 5.91 Å². The van der Waals surface area contributed by atoms with Gasteiger partial charge in [0.1, 0.15) is 12.1 Å². The van der Waals surface area contributed by atoms with Crippen molar-refractivity contribution in [3.05, 3.63) is 107 Å². The van der Waals surface area contributed by atoms with Crippen molar-refractivity contribution in [1.29, 1.82) is 0 Å². The first-order chi connectivity index (χ1) is 35.6. The second-order valence-corrected chi connectivity index (χ2v) is 21.9. The van der Waals surface area contributed by atoms with Crippen LogP contribution in [0.4, 0.5) is 5.69 Å². The highest BCUT2D eigenvalue weighted by Crippen LogP contribution is 2.29. The van der Waals surface area contributed by atoms with Crippen molar-refractivity contribution in [3.63, 3.8) is 0 Å². The molecule has 4 aromatic rings. The van der Waals surface area contributed by atoms with Crippen LogP contribution in [0.1, 0.15) is 119 Å². The van der Waals surface area contributed by atoms with Crippen LogP contribution < -0.4 is 20.9 Å². The molecule has 16 nitrogen and oxygen atoms in total. The molecule has 0 aliphatic carbocycles. The SMILES string of the molecule is Cc1ncsc1-c1ccc(CNC(=O)[C@@H]2C[C@@H](O)CN2C(=O)[C@@H](NC(=O)CCCCCC(=O)N2CCN(c3ccc(C(=O)N4CCC(CCCCNC(=O)/C=C/c5cccnc5)CC4)cc3)CC2)C(C)(C)C)cc1. The quantitative estimate of drug-likeness (QED) is 0.0511. The number of aryl methyl sites for hydroxylation is 1. The number of thiazole rings is 1. The minimum atomic E-state index is -0.906. The number of hydrogen-bond donors (Lipinski definition) is 4. The van der Waals surface area contributed by atoms with Gasteiger partial charge in [-0.2, -0.15) is 0 Å². The molecule has 4 N–H and O–H groups in total. The van der Waals surface area contributed by atoms with Crippen molar-refractivity contribution >= 4 is 58.5 Å². The molecule has 0 spiro atoms. The molecule has 3 saturated heterocycles. The van der Waals surface area contributed by atoms with E-state index >= 15 is 0 Å². The van der Waals surface area contributed by atoms with Crippen molar-refractivity contribution in [1.82, 2.24) is 40.6 Å². The number of nitrogens with zero attached hydrogens (tertiary/aromatic N) is 6. The molecule has 5 heterocycles. The molecule has 396 valence electrons. The first kappa shape index (κ1) is 55.3. The van der Waals surface area contributed by atoms with Crippen LogP contribution in [0.25, 0.3) is 16.5 Å². The highest BCUT2D eigenvalue weighted by atomic mass is 32.1. The molecule has 2 aromatic heterocycles. The lowest BCUT2D eigenvalue weighted by atomic mass is 9.85. The van der Waals surface area contributed by atoms with Gasteiger partial charge in [0.2, 0.25) is 29.5 Å². The minimum Gasteiger partial charge on any atom is -0.391 e. The number of rotatable bonds is 21. The molecule has 3 aliphatic rings. The lowest BCUT2D eigenvalue weighted by Gasteiger charge is -2.36. The summed E-state index contributed by atoms with van der Waals surface area (Å²) in [7, 11) is 0. The van der Waals surface area contributed by atoms with Crippen LogP contribution in [0, 0.1) is 18.3 Å². The number of piperazine rings is 1. The Labute approximate surface area is 440 Å². The number of pyridine rings is 1. The Kier molecular flexibility index (Phi) is 19.9. The second-order valence-electron chi connectivity index (χ2n) is 21.1. The van der Waals surface area contributed by atoms with Crippen LogP contribution in [-0.2, 0) is 30.5 Å². The minimum absolute atomic E-state index is 0.00325. The summed E-state index contributed by atoms with van der Waals surface area (Å²) >= 11 is 1.58. The molecule has 2 aromatic carbocycles. The molecule has 0 bridgehead atoms. The van der Waals surface area contributed by atoms with Crippen LogP contribution in [0.2, 0.25) is 0 Å². The van der Waals surface area contributed by atoms with Crippen LogP contribution >= 0.6 is 11.3 Å². The van der Waals surface area contributed by atoms with E-state index in [0.29, 0.717) is 69.9 Å². The number of aliphatic hydroxyl groups excluding tert-OH is 1. The van der Waals surface area contributed by atoms with Crippen LogP contribution in [0.15, 0.2) is 84.6 Å². The summed E-state index contributed by atoms with van der Waals surface area (Å²) in [6.45, 7) is 12.6. The predicted molar refractivity (Wildman–Crippen MR) is 289 cm³/mol. The fourth-order valence-electron chi connectivity index (χ4n) is 10.0. The zero-order valence-electron chi connectivity index (χ0n) is 43.6. The van der Waals surface area contributed by atoms with E-state index in [9.17, 15) is 33.9 Å².